The van der Waals surface area contributed by atoms with Gasteiger partial charge in [0.1, 0.15) is 5.82 Å². The van der Waals surface area contributed by atoms with Crippen LogP contribution in [0.3, 0.4) is 0 Å². The van der Waals surface area contributed by atoms with E-state index in [9.17, 15) is 0 Å². The highest BCUT2D eigenvalue weighted by Crippen LogP contribution is 2.00. The standard InChI is InChI=1S/C6H9N3.FH/c1-9(7)6-4-2-3-5-8-6;/h2-5H,7H2,1H3;1H. The third-order valence-corrected chi connectivity index (χ3v) is 1.01. The first-order chi connectivity index (χ1) is 4.30. The highest BCUT2D eigenvalue weighted by molar-refractivity contribution is 5.33. The number of nitrogens with two attached hydrogens (primary N) is 1. The lowest BCUT2D eigenvalue weighted by molar-refractivity contribution is 0.977. The number of pyridine rings is 1. The number of hydrogen-bond donors (Lipinski definition) is 1. The average Bonchev–Trinajstić information content (AvgIpc) is 1.90. The molecule has 10 heavy (non-hydrogen) atoms. The molecule has 0 saturated carbocycles. The van der Waals surface area contributed by atoms with Crippen LogP contribution in [0.4, 0.5) is 10.5 Å². The van der Waals surface area contributed by atoms with E-state index in [4.69, 9.17) is 5.84 Å². The zero-order valence-corrected chi connectivity index (χ0v) is 5.69. The summed E-state index contributed by atoms with van der Waals surface area (Å²) in [6, 6.07) is 5.60. The first-order valence-electron chi connectivity index (χ1n) is 2.70. The Hall–Kier alpha value is -1.16. The van der Waals surface area contributed by atoms with Gasteiger partial charge in [0.15, 0.2) is 0 Å². The lowest BCUT2D eigenvalue weighted by Crippen LogP contribution is -2.25. The minimum absolute atomic E-state index is 0. The topological polar surface area (TPSA) is 42.1 Å². The van der Waals surface area contributed by atoms with E-state index in [0.717, 1.165) is 5.82 Å². The molecule has 0 bridgehead atoms. The number of anilines is 1. The van der Waals surface area contributed by atoms with Gasteiger partial charge in [0.25, 0.3) is 0 Å². The van der Waals surface area contributed by atoms with Gasteiger partial charge in [-0.1, -0.05) is 6.07 Å². The summed E-state index contributed by atoms with van der Waals surface area (Å²) in [6.07, 6.45) is 1.71. The number of aromatic nitrogens is 1. The molecule has 56 valence electrons. The smallest absolute Gasteiger partial charge is 0.142 e. The Morgan fingerprint density at radius 1 is 1.50 bits per heavy atom. The number of halogens is 1. The molecule has 0 atom stereocenters. The van der Waals surface area contributed by atoms with Crippen LogP contribution in [0.1, 0.15) is 0 Å². The van der Waals surface area contributed by atoms with Crippen LogP contribution < -0.4 is 10.9 Å². The molecule has 1 aromatic rings. The maximum absolute atomic E-state index is 5.38. The molecular weight excluding hydrogens is 133 g/mol. The maximum atomic E-state index is 5.38. The Balaban J connectivity index is 0.000000810. The summed E-state index contributed by atoms with van der Waals surface area (Å²) >= 11 is 0. The number of rotatable bonds is 1. The van der Waals surface area contributed by atoms with E-state index in [2.05, 4.69) is 4.98 Å². The predicted molar refractivity (Wildman–Crippen MR) is 39.3 cm³/mol. The molecule has 0 spiro atoms. The fraction of sp³-hybridized carbons (Fsp3) is 0.167. The Morgan fingerprint density at radius 2 is 2.20 bits per heavy atom. The summed E-state index contributed by atoms with van der Waals surface area (Å²) in [4.78, 5) is 3.98. The Kier molecular flexibility index (Phi) is 3.35. The fourth-order valence-electron chi connectivity index (χ4n) is 0.562. The van der Waals surface area contributed by atoms with Crippen molar-refractivity contribution in [1.82, 2.24) is 4.98 Å². The van der Waals surface area contributed by atoms with Crippen molar-refractivity contribution in [3.8, 4) is 0 Å². The molecule has 2 N–H and O–H groups in total. The van der Waals surface area contributed by atoms with Crippen molar-refractivity contribution < 1.29 is 4.70 Å². The van der Waals surface area contributed by atoms with E-state index in [1.807, 2.05) is 18.2 Å². The van der Waals surface area contributed by atoms with E-state index in [1.165, 1.54) is 5.01 Å². The molecule has 1 aromatic heterocycles. The highest BCUT2D eigenvalue weighted by Gasteiger charge is 1.90. The summed E-state index contributed by atoms with van der Waals surface area (Å²) < 4.78 is 0. The van der Waals surface area contributed by atoms with Crippen molar-refractivity contribution in [3.05, 3.63) is 24.4 Å². The molecule has 0 fully saturated rings. The highest BCUT2D eigenvalue weighted by atomic mass is 19.0. The predicted octanol–water partition coefficient (Wildman–Crippen LogP) is 0.544. The number of hydrogen-bond acceptors (Lipinski definition) is 3. The molecular formula is C6H10FN3. The van der Waals surface area contributed by atoms with Gasteiger partial charge in [-0.05, 0) is 12.1 Å². The summed E-state index contributed by atoms with van der Waals surface area (Å²) in [5, 5.41) is 1.47. The summed E-state index contributed by atoms with van der Waals surface area (Å²) in [7, 11) is 1.75. The van der Waals surface area contributed by atoms with E-state index >= 15 is 0 Å². The Labute approximate surface area is 58.8 Å². The minimum atomic E-state index is 0. The van der Waals surface area contributed by atoms with Gasteiger partial charge in [0.05, 0.1) is 0 Å². The van der Waals surface area contributed by atoms with E-state index in [0.29, 0.717) is 0 Å². The van der Waals surface area contributed by atoms with Gasteiger partial charge in [0, 0.05) is 13.2 Å². The molecule has 0 saturated heterocycles. The van der Waals surface area contributed by atoms with Crippen LogP contribution in [0.2, 0.25) is 0 Å². The Morgan fingerprint density at radius 3 is 2.50 bits per heavy atom. The average molecular weight is 143 g/mol. The van der Waals surface area contributed by atoms with Gasteiger partial charge in [-0.2, -0.15) is 0 Å². The fourth-order valence-corrected chi connectivity index (χ4v) is 0.562. The van der Waals surface area contributed by atoms with Crippen molar-refractivity contribution in [2.75, 3.05) is 12.1 Å². The number of nitrogens with zero attached hydrogens (tertiary/aromatic N) is 2. The summed E-state index contributed by atoms with van der Waals surface area (Å²) in [5.74, 6) is 6.16. The second-order valence-electron chi connectivity index (χ2n) is 1.80. The molecule has 0 aliphatic heterocycles. The van der Waals surface area contributed by atoms with Crippen LogP contribution in [-0.4, -0.2) is 12.0 Å². The molecule has 0 aromatic carbocycles. The van der Waals surface area contributed by atoms with Gasteiger partial charge in [0.2, 0.25) is 0 Å². The van der Waals surface area contributed by atoms with Crippen LogP contribution in [-0.2, 0) is 0 Å². The molecule has 3 nitrogen and oxygen atoms in total. The van der Waals surface area contributed by atoms with Crippen molar-refractivity contribution in [2.45, 2.75) is 0 Å². The van der Waals surface area contributed by atoms with E-state index < -0.39 is 0 Å². The maximum Gasteiger partial charge on any atom is 0.142 e. The minimum Gasteiger partial charge on any atom is -0.298 e. The SMILES string of the molecule is CN(N)c1ccccn1.F. The zero-order chi connectivity index (χ0) is 6.69. The van der Waals surface area contributed by atoms with Gasteiger partial charge >= 0.3 is 0 Å². The van der Waals surface area contributed by atoms with Crippen LogP contribution in [0.25, 0.3) is 0 Å². The lowest BCUT2D eigenvalue weighted by Gasteiger charge is -2.08. The van der Waals surface area contributed by atoms with Gasteiger partial charge in [-0.15, -0.1) is 0 Å². The third-order valence-electron chi connectivity index (χ3n) is 1.01. The molecule has 0 aliphatic carbocycles. The quantitative estimate of drug-likeness (QED) is 0.461. The second-order valence-corrected chi connectivity index (χ2v) is 1.80. The van der Waals surface area contributed by atoms with Gasteiger partial charge in [-0.3, -0.25) is 9.71 Å². The number of hydrazine groups is 1. The molecule has 1 rings (SSSR count). The van der Waals surface area contributed by atoms with Crippen molar-refractivity contribution in [1.29, 1.82) is 0 Å². The zero-order valence-electron chi connectivity index (χ0n) is 5.69. The first-order valence-corrected chi connectivity index (χ1v) is 2.70. The van der Waals surface area contributed by atoms with E-state index in [-0.39, 0.29) is 4.70 Å². The molecule has 0 aliphatic rings. The Bertz CT molecular complexity index is 176. The molecule has 0 radical (unpaired) electrons. The summed E-state index contributed by atoms with van der Waals surface area (Å²) in [5.41, 5.74) is 0. The second kappa shape index (κ2) is 3.79. The molecule has 1 heterocycles. The monoisotopic (exact) mass is 143 g/mol. The van der Waals surface area contributed by atoms with Crippen LogP contribution in [0.5, 0.6) is 0 Å². The van der Waals surface area contributed by atoms with E-state index in [1.54, 1.807) is 13.2 Å². The molecule has 4 heteroatoms. The molecule has 0 amide bonds. The lowest BCUT2D eigenvalue weighted by atomic mass is 10.5. The van der Waals surface area contributed by atoms with Crippen LogP contribution >= 0.6 is 0 Å². The van der Waals surface area contributed by atoms with Crippen LogP contribution in [0.15, 0.2) is 24.4 Å². The first kappa shape index (κ1) is 8.84. The van der Waals surface area contributed by atoms with Crippen molar-refractivity contribution in [2.24, 2.45) is 5.84 Å². The third kappa shape index (κ3) is 1.99. The van der Waals surface area contributed by atoms with Crippen molar-refractivity contribution >= 4 is 5.82 Å². The largest absolute Gasteiger partial charge is 0.298 e. The van der Waals surface area contributed by atoms with Crippen molar-refractivity contribution in [3.63, 3.8) is 0 Å². The normalized spacial score (nSPS) is 8.20. The summed E-state index contributed by atoms with van der Waals surface area (Å²) in [6.45, 7) is 0. The molecule has 0 unspecified atom stereocenters. The van der Waals surface area contributed by atoms with Crippen LogP contribution in [0, 0.1) is 0 Å². The van der Waals surface area contributed by atoms with Gasteiger partial charge < -0.3 is 0 Å². The van der Waals surface area contributed by atoms with Gasteiger partial charge in [-0.25, -0.2) is 10.8 Å².